The van der Waals surface area contributed by atoms with Gasteiger partial charge in [0.1, 0.15) is 12.4 Å². The zero-order valence-electron chi connectivity index (χ0n) is 19.6. The van der Waals surface area contributed by atoms with Crippen molar-refractivity contribution in [3.05, 3.63) is 62.2 Å². The number of fused-ring (bicyclic) bond motifs is 5. The predicted octanol–water partition coefficient (Wildman–Crippen LogP) is 2.09. The topological polar surface area (TPSA) is 105 Å². The van der Waals surface area contributed by atoms with Gasteiger partial charge in [0.2, 0.25) is 0 Å². The molecule has 0 unspecified atom stereocenters. The van der Waals surface area contributed by atoms with Crippen LogP contribution in [0, 0.1) is 12.7 Å². The first-order valence-electron chi connectivity index (χ1n) is 11.9. The molecule has 0 bridgehead atoms. The van der Waals surface area contributed by atoms with Gasteiger partial charge in [0, 0.05) is 42.2 Å². The van der Waals surface area contributed by atoms with Gasteiger partial charge in [-0.25, -0.2) is 14.2 Å². The van der Waals surface area contributed by atoms with Crippen LogP contribution in [0.4, 0.5) is 4.39 Å². The third-order valence-electron chi connectivity index (χ3n) is 7.72. The number of rotatable bonds is 3. The van der Waals surface area contributed by atoms with Gasteiger partial charge in [-0.05, 0) is 43.0 Å². The summed E-state index contributed by atoms with van der Waals surface area (Å²) < 4.78 is 21.3. The number of aromatic nitrogens is 2. The molecule has 5 heterocycles. The summed E-state index contributed by atoms with van der Waals surface area (Å²) in [6.45, 7) is 5.28. The molecule has 1 aromatic carbocycles. The Balaban J connectivity index is 1.60. The first-order chi connectivity index (χ1) is 16.7. The highest BCUT2D eigenvalue weighted by molar-refractivity contribution is 5.89. The monoisotopic (exact) mass is 479 g/mol. The van der Waals surface area contributed by atoms with Gasteiger partial charge in [-0.15, -0.1) is 0 Å². The number of β-amino-alcohol motifs (C(OH)–C–C–N with tert-alkyl or cyclic N) is 1. The van der Waals surface area contributed by atoms with Gasteiger partial charge in [0.15, 0.2) is 5.60 Å². The number of halogens is 1. The van der Waals surface area contributed by atoms with E-state index in [1.54, 1.807) is 30.5 Å². The lowest BCUT2D eigenvalue weighted by Gasteiger charge is -2.31. The van der Waals surface area contributed by atoms with Gasteiger partial charge in [0.25, 0.3) is 5.56 Å². The third-order valence-corrected chi connectivity index (χ3v) is 7.72. The van der Waals surface area contributed by atoms with Gasteiger partial charge in [-0.1, -0.05) is 6.92 Å². The molecule has 1 fully saturated rings. The second kappa shape index (κ2) is 7.68. The highest BCUT2D eigenvalue weighted by Crippen LogP contribution is 2.41. The van der Waals surface area contributed by atoms with Crippen molar-refractivity contribution in [2.75, 3.05) is 13.1 Å². The maximum atomic E-state index is 14.5. The van der Waals surface area contributed by atoms with Gasteiger partial charge in [-0.3, -0.25) is 9.69 Å². The smallest absolute Gasteiger partial charge is 0.343 e. The van der Waals surface area contributed by atoms with Crippen LogP contribution in [0.5, 0.6) is 0 Å². The van der Waals surface area contributed by atoms with Crippen LogP contribution in [-0.4, -0.2) is 49.8 Å². The molecule has 2 aromatic heterocycles. The summed E-state index contributed by atoms with van der Waals surface area (Å²) >= 11 is 0. The number of hydrogen-bond donors (Lipinski definition) is 2. The lowest BCUT2D eigenvalue weighted by molar-refractivity contribution is -0.172. The van der Waals surface area contributed by atoms with E-state index in [0.717, 1.165) is 23.1 Å². The van der Waals surface area contributed by atoms with Gasteiger partial charge < -0.3 is 19.5 Å². The van der Waals surface area contributed by atoms with E-state index in [-0.39, 0.29) is 48.2 Å². The Morgan fingerprint density at radius 1 is 1.26 bits per heavy atom. The number of esters is 1. The zero-order chi connectivity index (χ0) is 24.6. The number of carbonyl (C=O) groups is 1. The molecule has 3 aliphatic rings. The first-order valence-corrected chi connectivity index (χ1v) is 11.9. The molecule has 35 heavy (non-hydrogen) atoms. The van der Waals surface area contributed by atoms with E-state index >= 15 is 0 Å². The fraction of sp³-hybridized carbons (Fsp3) is 0.423. The molecule has 2 N–H and O–H groups in total. The van der Waals surface area contributed by atoms with Gasteiger partial charge in [0.05, 0.1) is 35.1 Å². The normalized spacial score (nSPS) is 23.3. The summed E-state index contributed by atoms with van der Waals surface area (Å²) in [6.07, 6.45) is 0.368. The molecule has 3 aliphatic heterocycles. The van der Waals surface area contributed by atoms with Crippen LogP contribution in [-0.2, 0) is 34.8 Å². The lowest BCUT2D eigenvalue weighted by atomic mass is 9.86. The quantitative estimate of drug-likeness (QED) is 0.434. The zero-order valence-corrected chi connectivity index (χ0v) is 19.6. The van der Waals surface area contributed by atoms with Crippen molar-refractivity contribution < 1.29 is 24.1 Å². The summed E-state index contributed by atoms with van der Waals surface area (Å²) in [5.74, 6) is -1.14. The fourth-order valence-corrected chi connectivity index (χ4v) is 5.65. The highest BCUT2D eigenvalue weighted by Gasteiger charge is 2.45. The summed E-state index contributed by atoms with van der Waals surface area (Å²) in [6, 6.07) is 4.87. The van der Waals surface area contributed by atoms with E-state index in [0.29, 0.717) is 42.0 Å². The molecule has 0 radical (unpaired) electrons. The number of benzene rings is 1. The van der Waals surface area contributed by atoms with Crippen molar-refractivity contribution in [1.82, 2.24) is 14.5 Å². The standard InChI is InChI=1S/C26H26FN3O5/c1-3-26(34)19-7-22-23-17(11-30(22)24(32)18(19)12-35-25(26)33)16(10-29-5-4-14(31)9-29)15-6-13(2)20(27)8-21(15)28-23/h6-8,14,31,34H,3-5,9-12H2,1-2H3/t14-,26+/m1/s1. The SMILES string of the molecule is CC[C@@]1(O)C(=O)OCc2c1cc1n(c2=O)Cc2c-1nc1cc(F)c(C)cc1c2CN1CC[C@@H](O)C1. The Morgan fingerprint density at radius 2 is 2.06 bits per heavy atom. The fourth-order valence-electron chi connectivity index (χ4n) is 5.65. The maximum Gasteiger partial charge on any atom is 0.343 e. The molecule has 9 heteroatoms. The van der Waals surface area contributed by atoms with E-state index in [1.807, 2.05) is 0 Å². The van der Waals surface area contributed by atoms with Crippen molar-refractivity contribution in [2.45, 2.75) is 58.1 Å². The van der Waals surface area contributed by atoms with E-state index in [9.17, 15) is 24.2 Å². The van der Waals surface area contributed by atoms with Crippen LogP contribution in [0.25, 0.3) is 22.3 Å². The Morgan fingerprint density at radius 3 is 2.77 bits per heavy atom. The van der Waals surface area contributed by atoms with Gasteiger partial charge >= 0.3 is 5.97 Å². The molecule has 182 valence electrons. The number of carbonyl (C=O) groups excluding carboxylic acids is 1. The second-order valence-electron chi connectivity index (χ2n) is 9.82. The second-order valence-corrected chi connectivity index (χ2v) is 9.82. The predicted molar refractivity (Wildman–Crippen MR) is 125 cm³/mol. The molecule has 3 aromatic rings. The Hall–Kier alpha value is -3.14. The van der Waals surface area contributed by atoms with E-state index < -0.39 is 11.6 Å². The number of pyridine rings is 2. The Bertz CT molecular complexity index is 1480. The van der Waals surface area contributed by atoms with Crippen molar-refractivity contribution in [3.8, 4) is 11.4 Å². The molecule has 6 rings (SSSR count). The number of nitrogens with zero attached hydrogens (tertiary/aromatic N) is 3. The summed E-state index contributed by atoms with van der Waals surface area (Å²) in [5.41, 5.74) is 2.12. The number of ether oxygens (including phenoxy) is 1. The minimum absolute atomic E-state index is 0.0623. The molecular weight excluding hydrogens is 453 g/mol. The van der Waals surface area contributed by atoms with Crippen molar-refractivity contribution in [1.29, 1.82) is 0 Å². The molecule has 8 nitrogen and oxygen atoms in total. The molecule has 1 saturated heterocycles. The van der Waals surface area contributed by atoms with Crippen molar-refractivity contribution in [2.24, 2.45) is 0 Å². The van der Waals surface area contributed by atoms with Crippen LogP contribution >= 0.6 is 0 Å². The maximum absolute atomic E-state index is 14.5. The third kappa shape index (κ3) is 3.18. The van der Waals surface area contributed by atoms with E-state index in [4.69, 9.17) is 9.72 Å². The van der Waals surface area contributed by atoms with Crippen LogP contribution in [0.3, 0.4) is 0 Å². The molecule has 0 saturated carbocycles. The van der Waals surface area contributed by atoms with Gasteiger partial charge in [-0.2, -0.15) is 0 Å². The number of aliphatic hydroxyl groups is 2. The lowest BCUT2D eigenvalue weighted by Crippen LogP contribution is -2.44. The van der Waals surface area contributed by atoms with Crippen LogP contribution in [0.2, 0.25) is 0 Å². The summed E-state index contributed by atoms with van der Waals surface area (Å²) in [7, 11) is 0. The largest absolute Gasteiger partial charge is 0.458 e. The van der Waals surface area contributed by atoms with Crippen molar-refractivity contribution >= 4 is 16.9 Å². The van der Waals surface area contributed by atoms with Crippen LogP contribution < -0.4 is 5.56 Å². The minimum Gasteiger partial charge on any atom is -0.458 e. The van der Waals surface area contributed by atoms with E-state index in [2.05, 4.69) is 4.90 Å². The summed E-state index contributed by atoms with van der Waals surface area (Å²) in [5, 5.41) is 22.0. The molecular formula is C26H26FN3O5. The van der Waals surface area contributed by atoms with Crippen LogP contribution in [0.1, 0.15) is 47.6 Å². The highest BCUT2D eigenvalue weighted by atomic mass is 19.1. The van der Waals surface area contributed by atoms with E-state index in [1.165, 1.54) is 6.07 Å². The average molecular weight is 480 g/mol. The Kier molecular flexibility index (Phi) is 4.90. The summed E-state index contributed by atoms with van der Waals surface area (Å²) in [4.78, 5) is 32.9. The molecule has 0 aliphatic carbocycles. The molecule has 2 atom stereocenters. The average Bonchev–Trinajstić information content (AvgIpc) is 3.41. The number of likely N-dealkylation sites (tertiary alicyclic amines) is 1. The molecule has 0 amide bonds. The molecule has 0 spiro atoms. The number of cyclic esters (lactones) is 1. The van der Waals surface area contributed by atoms with Crippen LogP contribution in [0.15, 0.2) is 23.0 Å². The first kappa shape index (κ1) is 22.3. The number of aryl methyl sites for hydroxylation is 1. The number of hydrogen-bond acceptors (Lipinski definition) is 7. The van der Waals surface area contributed by atoms with Crippen molar-refractivity contribution in [3.63, 3.8) is 0 Å². The number of aliphatic hydroxyl groups excluding tert-OH is 1. The Labute approximate surface area is 200 Å². The minimum atomic E-state index is -1.90.